The second kappa shape index (κ2) is 5.31. The standard InChI is InChI=1S/C12H17NO3S/c1-4-12(3,11(15)16)7-13-10(14)9-6-5-8(2)17-9/h5-6H,4,7H2,1-3H3,(H,13,14)(H,15,16). The van der Waals surface area contributed by atoms with Gasteiger partial charge in [0.2, 0.25) is 0 Å². The minimum atomic E-state index is -0.901. The van der Waals surface area contributed by atoms with Gasteiger partial charge in [-0.1, -0.05) is 6.92 Å². The summed E-state index contributed by atoms with van der Waals surface area (Å²) >= 11 is 1.40. The Bertz CT molecular complexity index is 427. The van der Waals surface area contributed by atoms with Crippen molar-refractivity contribution in [1.82, 2.24) is 5.32 Å². The highest BCUT2D eigenvalue weighted by Gasteiger charge is 2.31. The van der Waals surface area contributed by atoms with Gasteiger partial charge in [0.1, 0.15) is 0 Å². The molecule has 0 aromatic carbocycles. The van der Waals surface area contributed by atoms with Crippen molar-refractivity contribution < 1.29 is 14.7 Å². The summed E-state index contributed by atoms with van der Waals surface area (Å²) in [6.45, 7) is 5.51. The molecule has 5 heteroatoms. The molecule has 0 bridgehead atoms. The van der Waals surface area contributed by atoms with Crippen LogP contribution in [0.1, 0.15) is 34.8 Å². The first kappa shape index (κ1) is 13.7. The van der Waals surface area contributed by atoms with Gasteiger partial charge in [-0.3, -0.25) is 9.59 Å². The molecule has 17 heavy (non-hydrogen) atoms. The third kappa shape index (κ3) is 3.30. The Morgan fingerprint density at radius 2 is 2.12 bits per heavy atom. The molecule has 0 saturated carbocycles. The zero-order valence-electron chi connectivity index (χ0n) is 10.2. The summed E-state index contributed by atoms with van der Waals surface area (Å²) < 4.78 is 0. The predicted octanol–water partition coefficient (Wildman–Crippen LogP) is 2.29. The molecular weight excluding hydrogens is 238 g/mol. The van der Waals surface area contributed by atoms with Crippen LogP contribution in [0.2, 0.25) is 0 Å². The molecule has 0 spiro atoms. The van der Waals surface area contributed by atoms with Gasteiger partial charge in [0, 0.05) is 11.4 Å². The maximum Gasteiger partial charge on any atom is 0.311 e. The van der Waals surface area contributed by atoms with Crippen molar-refractivity contribution in [2.45, 2.75) is 27.2 Å². The lowest BCUT2D eigenvalue weighted by Gasteiger charge is -2.22. The van der Waals surface area contributed by atoms with E-state index in [1.165, 1.54) is 11.3 Å². The van der Waals surface area contributed by atoms with E-state index in [1.807, 2.05) is 13.0 Å². The third-order valence-corrected chi connectivity index (χ3v) is 3.90. The molecule has 0 aliphatic heterocycles. The molecule has 0 fully saturated rings. The van der Waals surface area contributed by atoms with Gasteiger partial charge < -0.3 is 10.4 Å². The minimum Gasteiger partial charge on any atom is -0.481 e. The fraction of sp³-hybridized carbons (Fsp3) is 0.500. The molecule has 1 aromatic rings. The molecule has 2 N–H and O–H groups in total. The summed E-state index contributed by atoms with van der Waals surface area (Å²) in [5.41, 5.74) is -0.901. The molecule has 1 rings (SSSR count). The number of carbonyl (C=O) groups excluding carboxylic acids is 1. The van der Waals surface area contributed by atoms with Crippen LogP contribution in [0.15, 0.2) is 12.1 Å². The highest BCUT2D eigenvalue weighted by Crippen LogP contribution is 2.21. The Morgan fingerprint density at radius 3 is 2.53 bits per heavy atom. The highest BCUT2D eigenvalue weighted by atomic mass is 32.1. The second-order valence-corrected chi connectivity index (χ2v) is 5.60. The van der Waals surface area contributed by atoms with Crippen molar-refractivity contribution in [1.29, 1.82) is 0 Å². The Labute approximate surface area is 105 Å². The van der Waals surface area contributed by atoms with Crippen molar-refractivity contribution in [3.05, 3.63) is 21.9 Å². The number of hydrogen-bond acceptors (Lipinski definition) is 3. The van der Waals surface area contributed by atoms with Crippen LogP contribution >= 0.6 is 11.3 Å². The highest BCUT2D eigenvalue weighted by molar-refractivity contribution is 7.13. The molecule has 1 heterocycles. The van der Waals surface area contributed by atoms with E-state index in [2.05, 4.69) is 5.32 Å². The van der Waals surface area contributed by atoms with Crippen LogP contribution in [0.4, 0.5) is 0 Å². The maximum absolute atomic E-state index is 11.7. The molecule has 94 valence electrons. The van der Waals surface area contributed by atoms with E-state index in [-0.39, 0.29) is 12.5 Å². The van der Waals surface area contributed by atoms with Crippen molar-refractivity contribution >= 4 is 23.2 Å². The van der Waals surface area contributed by atoms with Gasteiger partial charge in [0.05, 0.1) is 10.3 Å². The lowest BCUT2D eigenvalue weighted by Crippen LogP contribution is -2.40. The van der Waals surface area contributed by atoms with Gasteiger partial charge in [0.25, 0.3) is 5.91 Å². The summed E-state index contributed by atoms with van der Waals surface area (Å²) in [5.74, 6) is -1.09. The molecule has 1 amide bonds. The van der Waals surface area contributed by atoms with Crippen molar-refractivity contribution in [2.24, 2.45) is 5.41 Å². The number of amides is 1. The number of aryl methyl sites for hydroxylation is 1. The van der Waals surface area contributed by atoms with E-state index in [1.54, 1.807) is 19.9 Å². The molecule has 0 radical (unpaired) electrons. The molecule has 1 atom stereocenters. The van der Waals surface area contributed by atoms with Crippen molar-refractivity contribution in [3.8, 4) is 0 Å². The first-order valence-corrected chi connectivity index (χ1v) is 6.29. The summed E-state index contributed by atoms with van der Waals surface area (Å²) in [5, 5.41) is 11.7. The van der Waals surface area contributed by atoms with E-state index in [9.17, 15) is 9.59 Å². The Balaban J connectivity index is 2.62. The average Bonchev–Trinajstić information content (AvgIpc) is 2.72. The summed E-state index contributed by atoms with van der Waals surface area (Å²) in [4.78, 5) is 24.5. The molecule has 4 nitrogen and oxygen atoms in total. The molecule has 0 aliphatic carbocycles. The van der Waals surface area contributed by atoms with Gasteiger partial charge in [-0.25, -0.2) is 0 Å². The van der Waals surface area contributed by atoms with Crippen molar-refractivity contribution in [2.75, 3.05) is 6.54 Å². The SMILES string of the molecule is CCC(C)(CNC(=O)c1ccc(C)s1)C(=O)O. The normalized spacial score (nSPS) is 14.1. The largest absolute Gasteiger partial charge is 0.481 e. The van der Waals surface area contributed by atoms with E-state index in [4.69, 9.17) is 5.11 Å². The molecular formula is C12H17NO3S. The summed E-state index contributed by atoms with van der Waals surface area (Å²) in [7, 11) is 0. The molecule has 0 aliphatic rings. The van der Waals surface area contributed by atoms with E-state index >= 15 is 0 Å². The van der Waals surface area contributed by atoms with Crippen LogP contribution in [0, 0.1) is 12.3 Å². The van der Waals surface area contributed by atoms with Crippen LogP contribution in [0.25, 0.3) is 0 Å². The van der Waals surface area contributed by atoms with E-state index in [0.29, 0.717) is 11.3 Å². The fourth-order valence-electron chi connectivity index (χ4n) is 1.27. The molecule has 0 saturated heterocycles. The Kier molecular flexibility index (Phi) is 4.28. The third-order valence-electron chi connectivity index (χ3n) is 2.90. The lowest BCUT2D eigenvalue weighted by atomic mass is 9.88. The number of thiophene rings is 1. The van der Waals surface area contributed by atoms with Crippen LogP contribution < -0.4 is 5.32 Å². The average molecular weight is 255 g/mol. The topological polar surface area (TPSA) is 66.4 Å². The van der Waals surface area contributed by atoms with Gasteiger partial charge in [-0.15, -0.1) is 11.3 Å². The van der Waals surface area contributed by atoms with Crippen LogP contribution in [-0.4, -0.2) is 23.5 Å². The smallest absolute Gasteiger partial charge is 0.311 e. The first-order valence-electron chi connectivity index (χ1n) is 5.47. The monoisotopic (exact) mass is 255 g/mol. The zero-order chi connectivity index (χ0) is 13.1. The Hall–Kier alpha value is -1.36. The van der Waals surface area contributed by atoms with Gasteiger partial charge in [0.15, 0.2) is 0 Å². The number of carboxylic acid groups (broad SMARTS) is 1. The quantitative estimate of drug-likeness (QED) is 0.848. The van der Waals surface area contributed by atoms with Crippen LogP contribution in [-0.2, 0) is 4.79 Å². The first-order chi connectivity index (χ1) is 7.89. The summed E-state index contributed by atoms with van der Waals surface area (Å²) in [6.07, 6.45) is 0.478. The Morgan fingerprint density at radius 1 is 1.47 bits per heavy atom. The lowest BCUT2D eigenvalue weighted by molar-refractivity contribution is -0.147. The number of rotatable bonds is 5. The van der Waals surface area contributed by atoms with Gasteiger partial charge >= 0.3 is 5.97 Å². The summed E-state index contributed by atoms with van der Waals surface area (Å²) in [6, 6.07) is 3.62. The maximum atomic E-state index is 11.7. The van der Waals surface area contributed by atoms with Gasteiger partial charge in [-0.2, -0.15) is 0 Å². The number of carbonyl (C=O) groups is 2. The number of nitrogens with one attached hydrogen (secondary N) is 1. The van der Waals surface area contributed by atoms with Gasteiger partial charge in [-0.05, 0) is 32.4 Å². The number of aliphatic carboxylic acids is 1. The molecule has 1 aromatic heterocycles. The van der Waals surface area contributed by atoms with E-state index < -0.39 is 11.4 Å². The zero-order valence-corrected chi connectivity index (χ0v) is 11.1. The van der Waals surface area contributed by atoms with Crippen LogP contribution in [0.3, 0.4) is 0 Å². The molecule has 1 unspecified atom stereocenters. The number of hydrogen-bond donors (Lipinski definition) is 2. The van der Waals surface area contributed by atoms with Crippen molar-refractivity contribution in [3.63, 3.8) is 0 Å². The number of carboxylic acids is 1. The minimum absolute atomic E-state index is 0.147. The predicted molar refractivity (Wildman–Crippen MR) is 67.4 cm³/mol. The fourth-order valence-corrected chi connectivity index (χ4v) is 2.05. The van der Waals surface area contributed by atoms with E-state index in [0.717, 1.165) is 4.88 Å². The second-order valence-electron chi connectivity index (χ2n) is 4.31. The van der Waals surface area contributed by atoms with Crippen LogP contribution in [0.5, 0.6) is 0 Å².